The van der Waals surface area contributed by atoms with Crippen molar-refractivity contribution in [3.8, 4) is 0 Å². The molecule has 6 heterocycles. The fourth-order valence-electron chi connectivity index (χ4n) is 7.02. The number of nitrogens with two attached hydrogens (primary N) is 2. The van der Waals surface area contributed by atoms with Gasteiger partial charge < -0.3 is 40.4 Å². The molecule has 8 rings (SSSR count). The maximum absolute atomic E-state index is 13.6. The van der Waals surface area contributed by atoms with Crippen LogP contribution in [0.3, 0.4) is 0 Å². The van der Waals surface area contributed by atoms with Crippen molar-refractivity contribution in [2.24, 2.45) is 11.3 Å². The number of aliphatic hydroxyl groups is 1. The average Bonchev–Trinajstić information content (AvgIpc) is 3.30. The van der Waals surface area contributed by atoms with Gasteiger partial charge >= 0.3 is 15.6 Å². The van der Waals surface area contributed by atoms with Gasteiger partial charge in [-0.3, -0.25) is 27.9 Å². The van der Waals surface area contributed by atoms with Gasteiger partial charge in [-0.05, 0) is 23.9 Å². The Hall–Kier alpha value is -2.98. The van der Waals surface area contributed by atoms with Crippen LogP contribution in [0.15, 0.2) is 17.4 Å². The van der Waals surface area contributed by atoms with Crippen LogP contribution >= 0.6 is 27.2 Å². The first-order valence-electron chi connectivity index (χ1n) is 14.1. The lowest BCUT2D eigenvalue weighted by molar-refractivity contribution is -0.0538. The van der Waals surface area contributed by atoms with Gasteiger partial charge in [0.15, 0.2) is 17.0 Å². The monoisotopic (exact) mass is 715 g/mol. The van der Waals surface area contributed by atoms with Crippen LogP contribution in [0.1, 0.15) is 23.4 Å². The van der Waals surface area contributed by atoms with E-state index in [0.717, 1.165) is 11.5 Å². The zero-order valence-corrected chi connectivity index (χ0v) is 26.7. The second kappa shape index (κ2) is 10.8. The number of anilines is 2. The fourth-order valence-corrected chi connectivity index (χ4v) is 9.93. The molecule has 8 N–H and O–H groups in total. The maximum Gasteiger partial charge on any atom is 0.472 e. The number of imidazole rings is 1. The maximum atomic E-state index is 13.6. The minimum absolute atomic E-state index is 0.0552. The van der Waals surface area contributed by atoms with Gasteiger partial charge in [-0.25, -0.2) is 29.1 Å². The first kappa shape index (κ1) is 31.3. The van der Waals surface area contributed by atoms with E-state index in [-0.39, 0.29) is 39.6 Å². The highest BCUT2D eigenvalue weighted by atomic mass is 32.1. The predicted octanol–water partition coefficient (Wildman–Crippen LogP) is -0.221. The molecule has 47 heavy (non-hydrogen) atoms. The summed E-state index contributed by atoms with van der Waals surface area (Å²) in [5.41, 5.74) is 10.4. The Balaban J connectivity index is 1.15. The highest BCUT2D eigenvalue weighted by Crippen LogP contribution is 2.72. The van der Waals surface area contributed by atoms with Gasteiger partial charge in [0, 0.05) is 12.5 Å². The Morgan fingerprint density at radius 2 is 1.91 bits per heavy atom. The van der Waals surface area contributed by atoms with Crippen molar-refractivity contribution in [2.75, 3.05) is 31.8 Å². The Morgan fingerprint density at radius 1 is 1.13 bits per heavy atom. The number of phosphoric ester groups is 2. The van der Waals surface area contributed by atoms with Crippen molar-refractivity contribution in [3.05, 3.63) is 27.9 Å². The first-order valence-corrected chi connectivity index (χ1v) is 17.8. The lowest BCUT2D eigenvalue weighted by atomic mass is 10.0. The third kappa shape index (κ3) is 4.94. The van der Waals surface area contributed by atoms with E-state index in [2.05, 4.69) is 29.3 Å². The van der Waals surface area contributed by atoms with Crippen LogP contribution in [0.4, 0.5) is 11.8 Å². The molecule has 4 aromatic rings. The summed E-state index contributed by atoms with van der Waals surface area (Å²) in [6.45, 7) is -1.14. The normalized spacial score (nSPS) is 40.4. The van der Waals surface area contributed by atoms with Crippen LogP contribution in [0.2, 0.25) is 0 Å². The molecule has 2 saturated carbocycles. The molecule has 24 heteroatoms. The first-order chi connectivity index (χ1) is 22.3. The number of hydrogen-bond donors (Lipinski definition) is 6. The molecule has 0 aromatic carbocycles. The van der Waals surface area contributed by atoms with Crippen LogP contribution in [-0.2, 0) is 36.7 Å². The van der Waals surface area contributed by atoms with E-state index in [1.54, 1.807) is 4.57 Å². The van der Waals surface area contributed by atoms with Crippen molar-refractivity contribution >= 4 is 61.1 Å². The third-order valence-corrected chi connectivity index (χ3v) is 12.0. The molecule has 2 aliphatic carbocycles. The molecule has 11 atom stereocenters. The van der Waals surface area contributed by atoms with Crippen LogP contribution in [0, 0.1) is 11.3 Å². The number of hydrogen-bond acceptors (Lipinski definition) is 18. The number of nitrogen functional groups attached to an aromatic ring is 2. The number of nitrogens with zero attached hydrogens (tertiary/aromatic N) is 6. The van der Waals surface area contributed by atoms with Crippen LogP contribution < -0.4 is 17.0 Å². The molecule has 2 aliphatic heterocycles. The lowest BCUT2D eigenvalue weighted by Gasteiger charge is -2.30. The largest absolute Gasteiger partial charge is 0.472 e. The Labute approximate surface area is 266 Å². The van der Waals surface area contributed by atoms with Gasteiger partial charge in [-0.15, -0.1) is 0 Å². The molecule has 4 fully saturated rings. The highest BCUT2D eigenvalue weighted by Gasteiger charge is 2.74. The van der Waals surface area contributed by atoms with E-state index in [1.807, 2.05) is 0 Å². The molecule has 4 aliphatic rings. The number of rotatable bonds is 3. The van der Waals surface area contributed by atoms with E-state index in [1.165, 1.54) is 19.8 Å². The lowest BCUT2D eigenvalue weighted by Crippen LogP contribution is -2.38. The zero-order chi connectivity index (χ0) is 33.0. The minimum Gasteiger partial charge on any atom is -0.388 e. The summed E-state index contributed by atoms with van der Waals surface area (Å²) in [6, 6.07) is -0.806. The SMILES string of the molecule is CO[C@H]1[C@H]2OP(=O)(O)OC[C@@]34C[C@@H]3[C@@H](n3cnc5c(N)ncnc53)[C@H](O)[C@@H]4OP(=O)(O)OC[C@H]1O[C@H]2c1snc2c(=O)[nH]c(N)nc12. The molecular weight excluding hydrogens is 688 g/mol. The summed E-state index contributed by atoms with van der Waals surface area (Å²) in [6.07, 6.45) is -4.90. The van der Waals surface area contributed by atoms with Crippen molar-refractivity contribution in [1.29, 1.82) is 0 Å². The topological polar surface area (TPSA) is 304 Å². The minimum atomic E-state index is -4.96. The molecule has 0 amide bonds. The standard InChI is InChI=1S/C23H27N9O12P2S/c1-39-14-8-3-40-45(35,36)44-18-13(33)12(32-6-28-11-19(24)26-5-27-20(11)32)7-2-23(7,18)4-41-46(37,38)43-15(14)16(42-8)17-9-10(31-47-17)21(34)30-22(25)29-9/h5-8,12-16,18,33H,2-4H2,1H3,(H,35,36)(H,37,38)(H2,24,26,27)(H3,25,29,30,34)/t7-,8-,12-,13+,14-,15-,16-,18+,23+/m1/s1. The van der Waals surface area contributed by atoms with Crippen molar-refractivity contribution in [2.45, 2.75) is 49.1 Å². The van der Waals surface area contributed by atoms with Gasteiger partial charge in [-0.2, -0.15) is 4.37 Å². The number of ether oxygens (including phenoxy) is 2. The second-order valence-electron chi connectivity index (χ2n) is 11.7. The van der Waals surface area contributed by atoms with Crippen molar-refractivity contribution < 1.29 is 51.6 Å². The zero-order valence-electron chi connectivity index (χ0n) is 24.1. The molecule has 0 radical (unpaired) electrons. The number of methoxy groups -OCH3 is 1. The summed E-state index contributed by atoms with van der Waals surface area (Å²) < 4.78 is 66.5. The van der Waals surface area contributed by atoms with Gasteiger partial charge in [0.1, 0.15) is 54.0 Å². The fraction of sp³-hybridized carbons (Fsp3) is 0.565. The van der Waals surface area contributed by atoms with E-state index < -0.39 is 88.4 Å². The molecule has 2 unspecified atom stereocenters. The van der Waals surface area contributed by atoms with E-state index in [9.17, 15) is 28.8 Å². The van der Waals surface area contributed by atoms with E-state index in [0.29, 0.717) is 5.65 Å². The predicted molar refractivity (Wildman–Crippen MR) is 157 cm³/mol. The number of aromatic nitrogens is 7. The van der Waals surface area contributed by atoms with Crippen molar-refractivity contribution in [3.63, 3.8) is 0 Å². The van der Waals surface area contributed by atoms with Gasteiger partial charge in [-0.1, -0.05) is 0 Å². The number of fused-ring (bicyclic) bond motifs is 4. The van der Waals surface area contributed by atoms with Gasteiger partial charge in [0.05, 0.1) is 30.5 Å². The van der Waals surface area contributed by atoms with Crippen LogP contribution in [-0.4, -0.2) is 99.6 Å². The van der Waals surface area contributed by atoms with Crippen LogP contribution in [0.25, 0.3) is 22.2 Å². The number of phosphoric acid groups is 2. The van der Waals surface area contributed by atoms with E-state index >= 15 is 0 Å². The molecule has 252 valence electrons. The summed E-state index contributed by atoms with van der Waals surface area (Å²) in [5.74, 6) is -0.579. The van der Waals surface area contributed by atoms with Crippen molar-refractivity contribution in [1.82, 2.24) is 33.9 Å². The molecule has 4 aromatic heterocycles. The number of aromatic amines is 1. The Kier molecular flexibility index (Phi) is 7.17. The molecule has 21 nitrogen and oxygen atoms in total. The number of nitrogens with one attached hydrogen (secondary N) is 1. The smallest absolute Gasteiger partial charge is 0.388 e. The summed E-state index contributed by atoms with van der Waals surface area (Å²) >= 11 is 0.817. The Bertz CT molecular complexity index is 2060. The Morgan fingerprint density at radius 3 is 2.70 bits per heavy atom. The molecular formula is C23H27N9O12P2S. The summed E-state index contributed by atoms with van der Waals surface area (Å²) in [5, 5.41) is 11.5. The molecule has 2 saturated heterocycles. The number of aliphatic hydroxyl groups excluding tert-OH is 1. The van der Waals surface area contributed by atoms with Gasteiger partial charge in [0.25, 0.3) is 5.56 Å². The molecule has 2 bridgehead atoms. The second-order valence-corrected chi connectivity index (χ2v) is 15.3. The van der Waals surface area contributed by atoms with Crippen LogP contribution in [0.5, 0.6) is 0 Å². The number of H-pyrrole nitrogens is 1. The summed E-state index contributed by atoms with van der Waals surface area (Å²) in [7, 11) is -8.64. The van der Waals surface area contributed by atoms with Gasteiger partial charge in [0.2, 0.25) is 5.95 Å². The highest BCUT2D eigenvalue weighted by molar-refractivity contribution is 7.47. The quantitative estimate of drug-likeness (QED) is 0.149. The summed E-state index contributed by atoms with van der Waals surface area (Å²) in [4.78, 5) is 53.5. The molecule has 1 spiro atoms. The van der Waals surface area contributed by atoms with E-state index in [4.69, 9.17) is 39.0 Å². The average molecular weight is 716 g/mol. The third-order valence-electron chi connectivity index (χ3n) is 9.15.